The number of alkyl halides is 3. The van der Waals surface area contributed by atoms with Gasteiger partial charge in [0, 0.05) is 45.1 Å². The second kappa shape index (κ2) is 7.38. The highest BCUT2D eigenvalue weighted by Gasteiger charge is 2.46. The molecule has 0 radical (unpaired) electrons. The number of aromatic nitrogens is 3. The SMILES string of the molecule is CN1C=C(NC(=O)c2cnn3ccc(N4CCNCC4C4CC4)nc23)C(C(F)(F)F)N1. The molecule has 1 amide bonds. The number of carbonyl (C=O) groups excluding carboxylic acids is 1. The van der Waals surface area contributed by atoms with Crippen LogP contribution in [0.3, 0.4) is 0 Å². The number of fused-ring (bicyclic) bond motifs is 1. The van der Waals surface area contributed by atoms with E-state index >= 15 is 0 Å². The van der Waals surface area contributed by atoms with Crippen molar-refractivity contribution in [2.75, 3.05) is 31.6 Å². The number of anilines is 1. The monoisotopic (exact) mass is 436 g/mol. The van der Waals surface area contributed by atoms with E-state index in [9.17, 15) is 18.0 Å². The quantitative estimate of drug-likeness (QED) is 0.655. The van der Waals surface area contributed by atoms with Gasteiger partial charge in [-0.2, -0.15) is 18.3 Å². The van der Waals surface area contributed by atoms with Crippen molar-refractivity contribution in [2.45, 2.75) is 31.1 Å². The lowest BCUT2D eigenvalue weighted by Gasteiger charge is -2.37. The summed E-state index contributed by atoms with van der Waals surface area (Å²) in [5.74, 6) is 0.697. The summed E-state index contributed by atoms with van der Waals surface area (Å²) >= 11 is 0. The summed E-state index contributed by atoms with van der Waals surface area (Å²) in [4.78, 5) is 19.8. The van der Waals surface area contributed by atoms with E-state index in [-0.39, 0.29) is 11.3 Å². The van der Waals surface area contributed by atoms with Gasteiger partial charge in [0.25, 0.3) is 5.91 Å². The Bertz CT molecular complexity index is 1030. The molecule has 5 rings (SSSR count). The van der Waals surface area contributed by atoms with E-state index in [1.807, 2.05) is 6.07 Å². The molecule has 3 N–H and O–H groups in total. The lowest BCUT2D eigenvalue weighted by atomic mass is 10.1. The van der Waals surface area contributed by atoms with Crippen molar-refractivity contribution in [3.05, 3.63) is 35.9 Å². The fourth-order valence-corrected chi connectivity index (χ4v) is 4.24. The zero-order chi connectivity index (χ0) is 21.8. The zero-order valence-corrected chi connectivity index (χ0v) is 16.9. The molecule has 2 aliphatic heterocycles. The first kappa shape index (κ1) is 20.1. The molecule has 3 aliphatic rings. The smallest absolute Gasteiger partial charge is 0.351 e. The molecule has 2 atom stereocenters. The topological polar surface area (TPSA) is 89.8 Å². The van der Waals surface area contributed by atoms with E-state index < -0.39 is 18.1 Å². The van der Waals surface area contributed by atoms with Crippen molar-refractivity contribution >= 4 is 17.4 Å². The fourth-order valence-electron chi connectivity index (χ4n) is 4.24. The molecule has 9 nitrogen and oxygen atoms in total. The van der Waals surface area contributed by atoms with Crippen LogP contribution in [0.2, 0.25) is 0 Å². The summed E-state index contributed by atoms with van der Waals surface area (Å²) in [7, 11) is 1.44. The summed E-state index contributed by atoms with van der Waals surface area (Å²) in [6.45, 7) is 2.53. The van der Waals surface area contributed by atoms with Crippen LogP contribution in [0.5, 0.6) is 0 Å². The molecule has 0 spiro atoms. The maximum atomic E-state index is 13.3. The number of hydrogen-bond acceptors (Lipinski definition) is 7. The summed E-state index contributed by atoms with van der Waals surface area (Å²) < 4.78 is 41.3. The largest absolute Gasteiger partial charge is 0.411 e. The first-order chi connectivity index (χ1) is 14.8. The van der Waals surface area contributed by atoms with Gasteiger partial charge in [0.1, 0.15) is 11.4 Å². The molecular weight excluding hydrogens is 413 g/mol. The highest BCUT2D eigenvalue weighted by atomic mass is 19.4. The fraction of sp³-hybridized carbons (Fsp3) is 0.526. The van der Waals surface area contributed by atoms with Gasteiger partial charge in [-0.1, -0.05) is 0 Å². The molecule has 2 aromatic heterocycles. The number of amides is 1. The van der Waals surface area contributed by atoms with Gasteiger partial charge in [-0.25, -0.2) is 14.9 Å². The number of nitrogens with zero attached hydrogens (tertiary/aromatic N) is 5. The Morgan fingerprint density at radius 1 is 1.32 bits per heavy atom. The van der Waals surface area contributed by atoms with Crippen LogP contribution in [-0.2, 0) is 0 Å². The molecule has 2 aromatic rings. The summed E-state index contributed by atoms with van der Waals surface area (Å²) in [5.41, 5.74) is 2.42. The van der Waals surface area contributed by atoms with E-state index in [0.29, 0.717) is 17.6 Å². The van der Waals surface area contributed by atoms with E-state index in [0.717, 1.165) is 25.5 Å². The zero-order valence-electron chi connectivity index (χ0n) is 16.9. The molecule has 1 saturated carbocycles. The minimum atomic E-state index is -4.55. The molecule has 2 unspecified atom stereocenters. The third-order valence-electron chi connectivity index (χ3n) is 5.90. The van der Waals surface area contributed by atoms with Gasteiger partial charge in [0.15, 0.2) is 11.7 Å². The average Bonchev–Trinajstić information content (AvgIpc) is 3.38. The van der Waals surface area contributed by atoms with Crippen molar-refractivity contribution in [3.63, 3.8) is 0 Å². The Balaban J connectivity index is 1.42. The molecule has 1 saturated heterocycles. The third kappa shape index (κ3) is 3.81. The number of piperazine rings is 1. The highest BCUT2D eigenvalue weighted by molar-refractivity contribution is 6.00. The van der Waals surface area contributed by atoms with Crippen LogP contribution >= 0.6 is 0 Å². The van der Waals surface area contributed by atoms with Gasteiger partial charge in [0.05, 0.1) is 11.9 Å². The standard InChI is InChI=1S/C19H23F3N8O/c1-28-10-13(16(27-28)19(20,21)22)25-18(31)12-8-24-30-6-4-15(26-17(12)30)29-7-5-23-9-14(29)11-2-3-11/h4,6,8,10-11,14,16,23,27H,2-3,5,7,9H2,1H3,(H,25,31). The minimum absolute atomic E-state index is 0.122. The van der Waals surface area contributed by atoms with Gasteiger partial charge in [0.2, 0.25) is 0 Å². The number of hydrogen-bond donors (Lipinski definition) is 3. The molecule has 4 heterocycles. The van der Waals surface area contributed by atoms with Gasteiger partial charge in [-0.3, -0.25) is 4.79 Å². The molecule has 31 heavy (non-hydrogen) atoms. The van der Waals surface area contributed by atoms with Gasteiger partial charge >= 0.3 is 6.18 Å². The van der Waals surface area contributed by atoms with Crippen LogP contribution in [-0.4, -0.2) is 70.5 Å². The second-order valence-corrected chi connectivity index (χ2v) is 8.17. The molecule has 166 valence electrons. The van der Waals surface area contributed by atoms with Crippen molar-refractivity contribution in [1.29, 1.82) is 0 Å². The van der Waals surface area contributed by atoms with Crippen LogP contribution < -0.4 is 21.0 Å². The van der Waals surface area contributed by atoms with Gasteiger partial charge < -0.3 is 20.5 Å². The van der Waals surface area contributed by atoms with E-state index in [1.54, 1.807) is 6.20 Å². The van der Waals surface area contributed by atoms with Crippen molar-refractivity contribution in [1.82, 2.24) is 35.7 Å². The first-order valence-corrected chi connectivity index (χ1v) is 10.2. The van der Waals surface area contributed by atoms with E-state index in [1.165, 1.54) is 41.8 Å². The Hall–Kier alpha value is -2.86. The van der Waals surface area contributed by atoms with E-state index in [2.05, 4.69) is 31.0 Å². The Morgan fingerprint density at radius 2 is 2.13 bits per heavy atom. The molecule has 0 bridgehead atoms. The van der Waals surface area contributed by atoms with Crippen LogP contribution in [0.25, 0.3) is 5.65 Å². The lowest BCUT2D eigenvalue weighted by molar-refractivity contribution is -0.151. The van der Waals surface area contributed by atoms with Crippen molar-refractivity contribution < 1.29 is 18.0 Å². The maximum absolute atomic E-state index is 13.3. The number of halogens is 3. The van der Waals surface area contributed by atoms with Gasteiger partial charge in [-0.15, -0.1) is 0 Å². The number of hydrazine groups is 1. The number of nitrogens with one attached hydrogen (secondary N) is 3. The van der Waals surface area contributed by atoms with Crippen molar-refractivity contribution in [3.8, 4) is 0 Å². The summed E-state index contributed by atoms with van der Waals surface area (Å²) in [6, 6.07) is 0.231. The van der Waals surface area contributed by atoms with Crippen molar-refractivity contribution in [2.24, 2.45) is 5.92 Å². The first-order valence-electron chi connectivity index (χ1n) is 10.2. The molecule has 2 fully saturated rings. The minimum Gasteiger partial charge on any atom is -0.351 e. The Kier molecular flexibility index (Phi) is 4.77. The van der Waals surface area contributed by atoms with Crippen LogP contribution in [0, 0.1) is 5.92 Å². The molecule has 12 heteroatoms. The number of rotatable bonds is 4. The lowest BCUT2D eigenvalue weighted by Crippen LogP contribution is -2.52. The molecule has 0 aromatic carbocycles. The van der Waals surface area contributed by atoms with Crippen LogP contribution in [0.15, 0.2) is 30.4 Å². The molecular formula is C19H23F3N8O. The maximum Gasteiger partial charge on any atom is 0.411 e. The predicted molar refractivity (Wildman–Crippen MR) is 106 cm³/mol. The highest BCUT2D eigenvalue weighted by Crippen LogP contribution is 2.37. The van der Waals surface area contributed by atoms with E-state index in [4.69, 9.17) is 0 Å². The Morgan fingerprint density at radius 3 is 2.87 bits per heavy atom. The third-order valence-corrected chi connectivity index (χ3v) is 5.90. The second-order valence-electron chi connectivity index (χ2n) is 8.17. The normalized spacial score (nSPS) is 24.6. The predicted octanol–water partition coefficient (Wildman–Crippen LogP) is 0.870. The molecule has 1 aliphatic carbocycles. The Labute approximate surface area is 176 Å². The van der Waals surface area contributed by atoms with Gasteiger partial charge in [-0.05, 0) is 24.8 Å². The van der Waals surface area contributed by atoms with Crippen LogP contribution in [0.1, 0.15) is 23.2 Å². The summed E-state index contributed by atoms with van der Waals surface area (Å²) in [6.07, 6.45) is 2.11. The number of carbonyl (C=O) groups is 1. The van der Waals surface area contributed by atoms with Crippen LogP contribution in [0.4, 0.5) is 19.0 Å². The average molecular weight is 436 g/mol. The summed E-state index contributed by atoms with van der Waals surface area (Å²) in [5, 5.41) is 11.1.